The molecule has 0 saturated heterocycles. The number of Topliss-reactive ketones (excluding diaryl/α,β-unsaturated/α-hetero) is 4. The van der Waals surface area contributed by atoms with E-state index < -0.39 is 35.8 Å². The summed E-state index contributed by atoms with van der Waals surface area (Å²) in [6.45, 7) is 17.6. The number of hydrogen-bond donors (Lipinski definition) is 1. The van der Waals surface area contributed by atoms with E-state index in [2.05, 4.69) is 34.6 Å². The van der Waals surface area contributed by atoms with Crippen molar-refractivity contribution in [2.45, 2.75) is 170 Å². The van der Waals surface area contributed by atoms with Crippen LogP contribution in [0.2, 0.25) is 0 Å². The van der Waals surface area contributed by atoms with Crippen molar-refractivity contribution >= 4 is 46.8 Å². The lowest BCUT2D eigenvalue weighted by molar-refractivity contribution is -0.163. The van der Waals surface area contributed by atoms with Gasteiger partial charge in [0.1, 0.15) is 36.3 Å². The van der Waals surface area contributed by atoms with Crippen molar-refractivity contribution in [3.8, 4) is 0 Å². The number of thioether (sulfide) groups is 1. The van der Waals surface area contributed by atoms with Gasteiger partial charge in [0.05, 0.1) is 33.0 Å². The molecule has 13 heteroatoms. The third-order valence-corrected chi connectivity index (χ3v) is 11.0. The van der Waals surface area contributed by atoms with Crippen LogP contribution in [0.15, 0.2) is 0 Å². The number of carboxylic acid groups (broad SMARTS) is 1. The summed E-state index contributed by atoms with van der Waals surface area (Å²) in [6.07, 6.45) is 13.0. The molecule has 1 N–H and O–H groups in total. The predicted octanol–water partition coefficient (Wildman–Crippen LogP) is 9.05. The number of ketones is 4. The molecule has 0 aliphatic rings. The SMILES string of the molecule is CC(C)C(CC(=O)CCCCCCCSCCCCCC(=O)CCCCOCCOCCOCCC(=O)COCC(=O)C(CCC(=O)O)C(=O)OC(C)(C)C)C(C)(C)C. The largest absolute Gasteiger partial charge is 0.481 e. The van der Waals surface area contributed by atoms with Gasteiger partial charge in [0.2, 0.25) is 0 Å². The van der Waals surface area contributed by atoms with Crippen molar-refractivity contribution in [1.82, 2.24) is 0 Å². The van der Waals surface area contributed by atoms with Gasteiger partial charge in [-0.1, -0.05) is 60.3 Å². The first-order valence-corrected chi connectivity index (χ1v) is 23.4. The van der Waals surface area contributed by atoms with Crippen LogP contribution in [-0.4, -0.2) is 110 Å². The average molecular weight is 859 g/mol. The van der Waals surface area contributed by atoms with Crippen molar-refractivity contribution in [3.63, 3.8) is 0 Å². The summed E-state index contributed by atoms with van der Waals surface area (Å²) in [5.41, 5.74) is -0.659. The van der Waals surface area contributed by atoms with Crippen molar-refractivity contribution in [1.29, 1.82) is 0 Å². The fourth-order valence-electron chi connectivity index (χ4n) is 6.62. The zero-order valence-corrected chi connectivity index (χ0v) is 39.0. The maximum atomic E-state index is 12.5. The molecule has 0 radical (unpaired) electrons. The molecule has 2 unspecified atom stereocenters. The minimum Gasteiger partial charge on any atom is -0.481 e. The molecule has 344 valence electrons. The highest BCUT2D eigenvalue weighted by molar-refractivity contribution is 7.99. The minimum absolute atomic E-state index is 0.0822. The Morgan fingerprint density at radius 1 is 0.542 bits per heavy atom. The first-order chi connectivity index (χ1) is 27.8. The monoisotopic (exact) mass is 859 g/mol. The van der Waals surface area contributed by atoms with E-state index in [0.29, 0.717) is 69.3 Å². The summed E-state index contributed by atoms with van der Waals surface area (Å²) in [4.78, 5) is 72.6. The number of unbranched alkanes of at least 4 members (excludes halogenated alkanes) is 7. The van der Waals surface area contributed by atoms with Crippen molar-refractivity contribution in [3.05, 3.63) is 0 Å². The number of carbonyl (C=O) groups is 6. The number of carboxylic acids is 1. The van der Waals surface area contributed by atoms with Crippen LogP contribution < -0.4 is 0 Å². The molecule has 0 amide bonds. The van der Waals surface area contributed by atoms with Gasteiger partial charge in [-0.05, 0) is 94.5 Å². The lowest BCUT2D eigenvalue weighted by Crippen LogP contribution is -2.35. The first kappa shape index (κ1) is 56.8. The van der Waals surface area contributed by atoms with Gasteiger partial charge in [-0.25, -0.2) is 0 Å². The number of aliphatic carboxylic acids is 1. The lowest BCUT2D eigenvalue weighted by Gasteiger charge is -2.33. The number of esters is 1. The summed E-state index contributed by atoms with van der Waals surface area (Å²) in [7, 11) is 0. The first-order valence-electron chi connectivity index (χ1n) is 22.2. The Kier molecular flexibility index (Phi) is 33.1. The zero-order valence-electron chi connectivity index (χ0n) is 38.2. The van der Waals surface area contributed by atoms with Crippen molar-refractivity contribution in [2.24, 2.45) is 23.2 Å². The molecule has 0 aliphatic carbocycles. The third kappa shape index (κ3) is 35.1. The van der Waals surface area contributed by atoms with Gasteiger partial charge in [0.25, 0.3) is 0 Å². The zero-order chi connectivity index (χ0) is 44.5. The maximum Gasteiger partial charge on any atom is 0.317 e. The Morgan fingerprint density at radius 3 is 1.61 bits per heavy atom. The summed E-state index contributed by atoms with van der Waals surface area (Å²) >= 11 is 2.02. The molecule has 0 spiro atoms. The molecular weight excluding hydrogens is 777 g/mol. The van der Waals surface area contributed by atoms with Gasteiger partial charge in [-0.3, -0.25) is 28.8 Å². The van der Waals surface area contributed by atoms with Crippen LogP contribution in [0.1, 0.15) is 165 Å². The van der Waals surface area contributed by atoms with Gasteiger partial charge in [-0.2, -0.15) is 11.8 Å². The second-order valence-electron chi connectivity index (χ2n) is 18.0. The highest BCUT2D eigenvalue weighted by Gasteiger charge is 2.32. The number of ether oxygens (including phenoxy) is 5. The van der Waals surface area contributed by atoms with E-state index in [1.54, 1.807) is 20.8 Å². The smallest absolute Gasteiger partial charge is 0.317 e. The molecule has 2 atom stereocenters. The quantitative estimate of drug-likeness (QED) is 0.0352. The van der Waals surface area contributed by atoms with Crippen LogP contribution in [0.4, 0.5) is 0 Å². The van der Waals surface area contributed by atoms with Crippen LogP contribution in [0.5, 0.6) is 0 Å². The van der Waals surface area contributed by atoms with Crippen LogP contribution in [-0.2, 0) is 52.5 Å². The molecule has 12 nitrogen and oxygen atoms in total. The lowest BCUT2D eigenvalue weighted by atomic mass is 9.71. The fourth-order valence-corrected chi connectivity index (χ4v) is 7.64. The highest BCUT2D eigenvalue weighted by atomic mass is 32.2. The molecule has 0 saturated carbocycles. The van der Waals surface area contributed by atoms with E-state index >= 15 is 0 Å². The Morgan fingerprint density at radius 2 is 1.05 bits per heavy atom. The Hall–Kier alpha value is -2.19. The van der Waals surface area contributed by atoms with E-state index in [4.69, 9.17) is 28.8 Å². The van der Waals surface area contributed by atoms with Gasteiger partial charge in [0.15, 0.2) is 11.6 Å². The van der Waals surface area contributed by atoms with Crippen molar-refractivity contribution < 1.29 is 57.6 Å². The highest BCUT2D eigenvalue weighted by Crippen LogP contribution is 2.35. The number of hydrogen-bond acceptors (Lipinski definition) is 12. The number of rotatable bonds is 40. The van der Waals surface area contributed by atoms with Gasteiger partial charge < -0.3 is 28.8 Å². The molecule has 0 aromatic rings. The second-order valence-corrected chi connectivity index (χ2v) is 19.2. The van der Waals surface area contributed by atoms with Crippen molar-refractivity contribution in [2.75, 3.05) is 64.4 Å². The molecule has 0 aliphatic heterocycles. The van der Waals surface area contributed by atoms with Crippen LogP contribution in [0.3, 0.4) is 0 Å². The van der Waals surface area contributed by atoms with Crippen LogP contribution >= 0.6 is 11.8 Å². The summed E-state index contributed by atoms with van der Waals surface area (Å²) in [6, 6.07) is 0. The predicted molar refractivity (Wildman–Crippen MR) is 234 cm³/mol. The van der Waals surface area contributed by atoms with Gasteiger partial charge >= 0.3 is 11.9 Å². The van der Waals surface area contributed by atoms with E-state index in [9.17, 15) is 28.8 Å². The Bertz CT molecular complexity index is 1170. The average Bonchev–Trinajstić information content (AvgIpc) is 3.13. The summed E-state index contributed by atoms with van der Waals surface area (Å²) in [5, 5.41) is 8.94. The molecule has 0 heterocycles. The minimum atomic E-state index is -1.28. The topological polar surface area (TPSA) is 169 Å². The fraction of sp³-hybridized carbons (Fsp3) is 0.870. The van der Waals surface area contributed by atoms with E-state index in [1.165, 1.54) is 25.0 Å². The van der Waals surface area contributed by atoms with Gasteiger partial charge in [0, 0.05) is 45.1 Å². The normalized spacial score (nSPS) is 13.0. The van der Waals surface area contributed by atoms with Crippen LogP contribution in [0, 0.1) is 23.2 Å². The maximum absolute atomic E-state index is 12.5. The molecule has 0 fully saturated rings. The molecule has 0 rings (SSSR count). The van der Waals surface area contributed by atoms with Gasteiger partial charge in [-0.15, -0.1) is 0 Å². The summed E-state index contributed by atoms with van der Waals surface area (Å²) in [5.74, 6) is -0.0298. The molecule has 0 bridgehead atoms. The Balaban J connectivity index is 3.62. The van der Waals surface area contributed by atoms with Crippen LogP contribution in [0.25, 0.3) is 0 Å². The van der Waals surface area contributed by atoms with E-state index in [0.717, 1.165) is 63.5 Å². The molecule has 59 heavy (non-hydrogen) atoms. The molecule has 0 aromatic heterocycles. The standard InChI is InChI=1S/C46H82O12S/c1-36(2)41(45(3,4)5)33-38(48)21-13-10-9-11-17-31-59-32-18-12-14-19-37(47)20-15-16-25-54-27-29-56-30-28-55-26-24-39(49)34-57-35-42(50)40(22-23-43(51)52)44(53)58-46(6,7)8/h36,40-41H,9-35H2,1-8H3,(H,51,52). The second kappa shape index (κ2) is 34.4. The molecular formula is C46H82O12S. The van der Waals surface area contributed by atoms with E-state index in [1.807, 2.05) is 11.8 Å². The molecule has 0 aromatic carbocycles. The Labute approximate surface area is 361 Å². The number of carbonyl (C=O) groups excluding carboxylic acids is 5. The summed E-state index contributed by atoms with van der Waals surface area (Å²) < 4.78 is 26.9. The third-order valence-electron chi connectivity index (χ3n) is 9.85. The van der Waals surface area contributed by atoms with E-state index in [-0.39, 0.29) is 43.7 Å².